The smallest absolute Gasteiger partial charge is 0.248 e. The molecule has 0 fully saturated rings. The average molecular weight is 308 g/mol. The Labute approximate surface area is 112 Å². The van der Waals surface area contributed by atoms with Crippen LogP contribution in [0.15, 0.2) is 52.3 Å². The molecule has 0 saturated heterocycles. The molecule has 2 rings (SSSR count). The van der Waals surface area contributed by atoms with E-state index >= 15 is 0 Å². The number of benzene rings is 1. The van der Waals surface area contributed by atoms with Crippen molar-refractivity contribution in [2.45, 2.75) is 0 Å². The van der Waals surface area contributed by atoms with Gasteiger partial charge in [0.25, 0.3) is 0 Å². The van der Waals surface area contributed by atoms with E-state index in [2.05, 4.69) is 21.2 Å². The van der Waals surface area contributed by atoms with Crippen molar-refractivity contribution in [1.82, 2.24) is 0 Å². The number of para-hydroxylation sites is 1. The van der Waals surface area contributed by atoms with Gasteiger partial charge in [0.05, 0.1) is 0 Å². The maximum atomic E-state index is 11.6. The Kier molecular flexibility index (Phi) is 4.12. The average Bonchev–Trinajstić information content (AvgIpc) is 2.74. The van der Waals surface area contributed by atoms with Crippen molar-refractivity contribution < 1.29 is 4.79 Å². The van der Waals surface area contributed by atoms with Crippen molar-refractivity contribution in [2.75, 3.05) is 5.32 Å². The van der Waals surface area contributed by atoms with E-state index in [0.29, 0.717) is 0 Å². The van der Waals surface area contributed by atoms with Crippen LogP contribution in [0, 0.1) is 0 Å². The Morgan fingerprint density at radius 3 is 2.71 bits per heavy atom. The van der Waals surface area contributed by atoms with E-state index in [1.165, 1.54) is 6.08 Å². The number of halogens is 1. The molecule has 4 heteroatoms. The minimum absolute atomic E-state index is 0.124. The van der Waals surface area contributed by atoms with Gasteiger partial charge in [0.1, 0.15) is 0 Å². The van der Waals surface area contributed by atoms with Crippen LogP contribution in [-0.2, 0) is 4.79 Å². The standard InChI is InChI=1S/C13H10BrNOS/c14-10-8-12(17-9-10)6-7-13(16)15-11-4-2-1-3-5-11/h1-9H,(H,15,16)/b7-6+. The zero-order valence-electron chi connectivity index (χ0n) is 8.89. The first kappa shape index (κ1) is 12.1. The largest absolute Gasteiger partial charge is 0.323 e. The molecule has 1 aromatic carbocycles. The van der Waals surface area contributed by atoms with Gasteiger partial charge in [0, 0.05) is 26.5 Å². The summed E-state index contributed by atoms with van der Waals surface area (Å²) in [4.78, 5) is 12.6. The van der Waals surface area contributed by atoms with Gasteiger partial charge < -0.3 is 5.32 Å². The first-order valence-corrected chi connectivity index (χ1v) is 6.69. The van der Waals surface area contributed by atoms with E-state index in [9.17, 15) is 4.79 Å². The minimum atomic E-state index is -0.124. The fourth-order valence-electron chi connectivity index (χ4n) is 1.28. The molecule has 17 heavy (non-hydrogen) atoms. The second-order valence-corrected chi connectivity index (χ2v) is 5.21. The van der Waals surface area contributed by atoms with Crippen LogP contribution < -0.4 is 5.32 Å². The predicted octanol–water partition coefficient (Wildman–Crippen LogP) is 4.16. The molecular formula is C13H10BrNOS. The molecule has 0 saturated carbocycles. The number of rotatable bonds is 3. The summed E-state index contributed by atoms with van der Waals surface area (Å²) in [6.45, 7) is 0. The molecule has 1 heterocycles. The molecule has 1 N–H and O–H groups in total. The lowest BCUT2D eigenvalue weighted by Crippen LogP contribution is -2.07. The monoisotopic (exact) mass is 307 g/mol. The first-order chi connectivity index (χ1) is 8.24. The van der Waals surface area contributed by atoms with Crippen molar-refractivity contribution in [3.63, 3.8) is 0 Å². The third kappa shape index (κ3) is 3.84. The third-order valence-corrected chi connectivity index (χ3v) is 3.69. The van der Waals surface area contributed by atoms with Crippen LogP contribution in [-0.4, -0.2) is 5.91 Å². The van der Waals surface area contributed by atoms with Gasteiger partial charge in [-0.15, -0.1) is 11.3 Å². The Morgan fingerprint density at radius 1 is 1.29 bits per heavy atom. The molecule has 0 bridgehead atoms. The van der Waals surface area contributed by atoms with Crippen LogP contribution in [0.1, 0.15) is 4.88 Å². The quantitative estimate of drug-likeness (QED) is 0.848. The Balaban J connectivity index is 1.96. The molecular weight excluding hydrogens is 298 g/mol. The molecule has 0 aliphatic heterocycles. The molecule has 1 aromatic heterocycles. The number of anilines is 1. The number of carbonyl (C=O) groups excluding carboxylic acids is 1. The second-order valence-electron chi connectivity index (χ2n) is 3.36. The summed E-state index contributed by atoms with van der Waals surface area (Å²) in [5.41, 5.74) is 0.800. The van der Waals surface area contributed by atoms with E-state index < -0.39 is 0 Å². The zero-order valence-corrected chi connectivity index (χ0v) is 11.3. The highest BCUT2D eigenvalue weighted by atomic mass is 79.9. The van der Waals surface area contributed by atoms with Crippen LogP contribution in [0.2, 0.25) is 0 Å². The van der Waals surface area contributed by atoms with Crippen molar-refractivity contribution in [1.29, 1.82) is 0 Å². The van der Waals surface area contributed by atoms with Crippen LogP contribution in [0.3, 0.4) is 0 Å². The molecule has 0 unspecified atom stereocenters. The molecule has 0 atom stereocenters. The number of hydrogen-bond donors (Lipinski definition) is 1. The molecule has 2 nitrogen and oxygen atoms in total. The fraction of sp³-hybridized carbons (Fsp3) is 0. The maximum Gasteiger partial charge on any atom is 0.248 e. The van der Waals surface area contributed by atoms with Gasteiger partial charge in [-0.1, -0.05) is 18.2 Å². The summed E-state index contributed by atoms with van der Waals surface area (Å²) in [7, 11) is 0. The molecule has 0 spiro atoms. The van der Waals surface area contributed by atoms with E-state index in [0.717, 1.165) is 15.0 Å². The minimum Gasteiger partial charge on any atom is -0.323 e. The van der Waals surface area contributed by atoms with Crippen molar-refractivity contribution in [3.05, 3.63) is 57.2 Å². The summed E-state index contributed by atoms with van der Waals surface area (Å²) in [6.07, 6.45) is 3.33. The predicted molar refractivity (Wildman–Crippen MR) is 76.1 cm³/mol. The van der Waals surface area contributed by atoms with Crippen LogP contribution >= 0.6 is 27.3 Å². The molecule has 86 valence electrons. The number of amides is 1. The van der Waals surface area contributed by atoms with E-state index in [-0.39, 0.29) is 5.91 Å². The number of hydrogen-bond acceptors (Lipinski definition) is 2. The van der Waals surface area contributed by atoms with Gasteiger partial charge in [-0.25, -0.2) is 0 Å². The highest BCUT2D eigenvalue weighted by Gasteiger charge is 1.97. The fourth-order valence-corrected chi connectivity index (χ4v) is 2.62. The Bertz CT molecular complexity index is 533. The summed E-state index contributed by atoms with van der Waals surface area (Å²) >= 11 is 4.95. The van der Waals surface area contributed by atoms with E-state index in [1.807, 2.05) is 41.8 Å². The van der Waals surface area contributed by atoms with Crippen molar-refractivity contribution >= 4 is 44.9 Å². The Hall–Kier alpha value is -1.39. The van der Waals surface area contributed by atoms with Gasteiger partial charge in [-0.3, -0.25) is 4.79 Å². The summed E-state index contributed by atoms with van der Waals surface area (Å²) < 4.78 is 1.03. The van der Waals surface area contributed by atoms with Gasteiger partial charge in [-0.2, -0.15) is 0 Å². The summed E-state index contributed by atoms with van der Waals surface area (Å²) in [5, 5.41) is 4.77. The normalized spacial score (nSPS) is 10.6. The van der Waals surface area contributed by atoms with Crippen LogP contribution in [0.5, 0.6) is 0 Å². The van der Waals surface area contributed by atoms with Crippen molar-refractivity contribution in [3.8, 4) is 0 Å². The lowest BCUT2D eigenvalue weighted by Gasteiger charge is -1.99. The molecule has 0 aliphatic rings. The zero-order chi connectivity index (χ0) is 12.1. The number of nitrogens with one attached hydrogen (secondary N) is 1. The van der Waals surface area contributed by atoms with Gasteiger partial charge >= 0.3 is 0 Å². The lowest BCUT2D eigenvalue weighted by molar-refractivity contribution is -0.111. The molecule has 0 radical (unpaired) electrons. The van der Waals surface area contributed by atoms with Crippen LogP contribution in [0.25, 0.3) is 6.08 Å². The van der Waals surface area contributed by atoms with Crippen molar-refractivity contribution in [2.24, 2.45) is 0 Å². The van der Waals surface area contributed by atoms with Gasteiger partial charge in [0.2, 0.25) is 5.91 Å². The van der Waals surface area contributed by atoms with Gasteiger partial charge in [0.15, 0.2) is 0 Å². The van der Waals surface area contributed by atoms with E-state index in [1.54, 1.807) is 17.4 Å². The molecule has 2 aromatic rings. The third-order valence-electron chi connectivity index (χ3n) is 2.03. The molecule has 0 aliphatic carbocycles. The number of carbonyl (C=O) groups is 1. The van der Waals surface area contributed by atoms with E-state index in [4.69, 9.17) is 0 Å². The topological polar surface area (TPSA) is 29.1 Å². The maximum absolute atomic E-state index is 11.6. The Morgan fingerprint density at radius 2 is 2.06 bits per heavy atom. The highest BCUT2D eigenvalue weighted by Crippen LogP contribution is 2.20. The first-order valence-electron chi connectivity index (χ1n) is 5.02. The lowest BCUT2D eigenvalue weighted by atomic mass is 10.3. The number of thiophene rings is 1. The SMILES string of the molecule is O=C(/C=C/c1cc(Br)cs1)Nc1ccccc1. The molecule has 1 amide bonds. The summed E-state index contributed by atoms with van der Waals surface area (Å²) in [5.74, 6) is -0.124. The second kappa shape index (κ2) is 5.80. The van der Waals surface area contributed by atoms with Gasteiger partial charge in [-0.05, 0) is 40.2 Å². The highest BCUT2D eigenvalue weighted by molar-refractivity contribution is 9.10. The summed E-state index contributed by atoms with van der Waals surface area (Å²) in [6, 6.07) is 11.4. The van der Waals surface area contributed by atoms with Crippen LogP contribution in [0.4, 0.5) is 5.69 Å².